The molecule has 2 unspecified atom stereocenters. The third-order valence-electron chi connectivity index (χ3n) is 5.36. The zero-order chi connectivity index (χ0) is 22.1. The molecule has 0 spiro atoms. The van der Waals surface area contributed by atoms with Crippen LogP contribution in [-0.2, 0) is 0 Å². The highest BCUT2D eigenvalue weighted by atomic mass is 32.2. The smallest absolute Gasteiger partial charge is 0.103 e. The normalized spacial score (nSPS) is 13.0. The van der Waals surface area contributed by atoms with E-state index >= 15 is 0 Å². The lowest BCUT2D eigenvalue weighted by Gasteiger charge is -2.17. The Labute approximate surface area is 184 Å². The number of aromatic nitrogens is 4. The second kappa shape index (κ2) is 8.27. The summed E-state index contributed by atoms with van der Waals surface area (Å²) in [4.78, 5) is 1.63. The van der Waals surface area contributed by atoms with E-state index in [2.05, 4.69) is 22.3 Å². The van der Waals surface area contributed by atoms with Gasteiger partial charge < -0.3 is 5.11 Å². The number of aliphatic hydroxyl groups excluding tert-OH is 1. The molecule has 0 bridgehead atoms. The van der Waals surface area contributed by atoms with Gasteiger partial charge in [0.1, 0.15) is 12.1 Å². The standard InChI is InChI=1S/C23H20N6OS/c1-14(16(3)30)29-15(2)20(12-27-29)18-8-22(23-19(10-25)11-26-28(23)13-18)31-21-7-5-4-6-17(21)9-24/h4-8,11-14,16,30H,1-3H3. The number of pyridine rings is 1. The maximum atomic E-state index is 9.97. The molecular weight excluding hydrogens is 408 g/mol. The van der Waals surface area contributed by atoms with Crippen molar-refractivity contribution in [1.82, 2.24) is 19.4 Å². The molecule has 0 saturated carbocycles. The van der Waals surface area contributed by atoms with Gasteiger partial charge in [-0.15, -0.1) is 0 Å². The Morgan fingerprint density at radius 2 is 1.77 bits per heavy atom. The van der Waals surface area contributed by atoms with Crippen LogP contribution in [0.3, 0.4) is 0 Å². The van der Waals surface area contributed by atoms with Crippen LogP contribution in [0, 0.1) is 29.6 Å². The van der Waals surface area contributed by atoms with E-state index in [4.69, 9.17) is 0 Å². The molecule has 0 fully saturated rings. The fraction of sp³-hybridized carbons (Fsp3) is 0.217. The van der Waals surface area contributed by atoms with E-state index in [1.54, 1.807) is 29.9 Å². The number of nitriles is 2. The highest BCUT2D eigenvalue weighted by Gasteiger charge is 2.20. The topological polar surface area (TPSA) is 103 Å². The van der Waals surface area contributed by atoms with E-state index in [1.165, 1.54) is 11.8 Å². The summed E-state index contributed by atoms with van der Waals surface area (Å²) in [6, 6.07) is 13.6. The first-order valence-corrected chi connectivity index (χ1v) is 10.6. The number of hydrogen-bond donors (Lipinski definition) is 1. The lowest BCUT2D eigenvalue weighted by atomic mass is 10.1. The van der Waals surface area contributed by atoms with Gasteiger partial charge in [-0.2, -0.15) is 20.7 Å². The molecule has 2 atom stereocenters. The minimum absolute atomic E-state index is 0.163. The number of hydrogen-bond acceptors (Lipinski definition) is 6. The summed E-state index contributed by atoms with van der Waals surface area (Å²) < 4.78 is 3.51. The van der Waals surface area contributed by atoms with Gasteiger partial charge in [-0.3, -0.25) is 4.68 Å². The van der Waals surface area contributed by atoms with Gasteiger partial charge >= 0.3 is 0 Å². The molecule has 0 radical (unpaired) electrons. The average molecular weight is 429 g/mol. The summed E-state index contributed by atoms with van der Waals surface area (Å²) >= 11 is 1.43. The van der Waals surface area contributed by atoms with Gasteiger partial charge in [-0.25, -0.2) is 4.52 Å². The average Bonchev–Trinajstić information content (AvgIpc) is 3.36. The van der Waals surface area contributed by atoms with Crippen LogP contribution in [0.25, 0.3) is 16.6 Å². The summed E-state index contributed by atoms with van der Waals surface area (Å²) in [5.41, 5.74) is 4.47. The summed E-state index contributed by atoms with van der Waals surface area (Å²) in [6.45, 7) is 5.63. The molecule has 1 aromatic carbocycles. The SMILES string of the molecule is Cc1c(-c2cc(Sc3ccccc3C#N)c3c(C#N)cnn3c2)cnn1C(C)C(C)O. The van der Waals surface area contributed by atoms with Gasteiger partial charge in [0.15, 0.2) is 0 Å². The van der Waals surface area contributed by atoms with Crippen LogP contribution >= 0.6 is 11.8 Å². The second-order valence-electron chi connectivity index (χ2n) is 7.34. The molecule has 154 valence electrons. The summed E-state index contributed by atoms with van der Waals surface area (Å²) in [6.07, 6.45) is 4.66. The van der Waals surface area contributed by atoms with E-state index in [0.717, 1.165) is 26.6 Å². The molecule has 0 aliphatic heterocycles. The molecular formula is C23H20N6OS. The Kier molecular flexibility index (Phi) is 5.51. The largest absolute Gasteiger partial charge is 0.391 e. The minimum Gasteiger partial charge on any atom is -0.391 e. The molecule has 0 aliphatic rings. The van der Waals surface area contributed by atoms with Crippen molar-refractivity contribution in [2.24, 2.45) is 0 Å². The van der Waals surface area contributed by atoms with Crippen molar-refractivity contribution < 1.29 is 5.11 Å². The number of aliphatic hydroxyl groups is 1. The maximum absolute atomic E-state index is 9.97. The van der Waals surface area contributed by atoms with Crippen molar-refractivity contribution in [3.63, 3.8) is 0 Å². The zero-order valence-electron chi connectivity index (χ0n) is 17.3. The zero-order valence-corrected chi connectivity index (χ0v) is 18.1. The number of fused-ring (bicyclic) bond motifs is 1. The van der Waals surface area contributed by atoms with Crippen molar-refractivity contribution in [2.75, 3.05) is 0 Å². The number of benzene rings is 1. The Morgan fingerprint density at radius 1 is 1.03 bits per heavy atom. The molecule has 31 heavy (non-hydrogen) atoms. The Hall–Kier alpha value is -3.59. The fourth-order valence-corrected chi connectivity index (χ4v) is 4.57. The van der Waals surface area contributed by atoms with Gasteiger partial charge in [0.25, 0.3) is 0 Å². The highest BCUT2D eigenvalue weighted by Crippen LogP contribution is 2.37. The van der Waals surface area contributed by atoms with Crippen LogP contribution in [0.5, 0.6) is 0 Å². The van der Waals surface area contributed by atoms with E-state index in [9.17, 15) is 15.6 Å². The van der Waals surface area contributed by atoms with E-state index in [0.29, 0.717) is 16.6 Å². The molecule has 3 aromatic heterocycles. The molecule has 0 aliphatic carbocycles. The monoisotopic (exact) mass is 428 g/mol. The fourth-order valence-electron chi connectivity index (χ4n) is 3.48. The summed E-state index contributed by atoms with van der Waals surface area (Å²) in [5, 5.41) is 37.9. The first-order valence-electron chi connectivity index (χ1n) is 9.75. The molecule has 0 saturated heterocycles. The molecule has 1 N–H and O–H groups in total. The van der Waals surface area contributed by atoms with Crippen LogP contribution in [0.15, 0.2) is 58.7 Å². The van der Waals surface area contributed by atoms with Gasteiger partial charge in [0.2, 0.25) is 0 Å². The molecule has 8 heteroatoms. The van der Waals surface area contributed by atoms with Gasteiger partial charge in [0.05, 0.1) is 41.2 Å². The summed E-state index contributed by atoms with van der Waals surface area (Å²) in [5.74, 6) is 0. The summed E-state index contributed by atoms with van der Waals surface area (Å²) in [7, 11) is 0. The predicted molar refractivity (Wildman–Crippen MR) is 118 cm³/mol. The molecule has 4 aromatic rings. The van der Waals surface area contributed by atoms with Crippen LogP contribution in [0.2, 0.25) is 0 Å². The van der Waals surface area contributed by atoms with E-state index in [-0.39, 0.29) is 6.04 Å². The number of rotatable bonds is 5. The Balaban J connectivity index is 1.88. The van der Waals surface area contributed by atoms with Crippen molar-refractivity contribution in [1.29, 1.82) is 10.5 Å². The lowest BCUT2D eigenvalue weighted by Crippen LogP contribution is -2.20. The minimum atomic E-state index is -0.535. The second-order valence-corrected chi connectivity index (χ2v) is 8.42. The first-order chi connectivity index (χ1) is 14.9. The van der Waals surface area contributed by atoms with Crippen LogP contribution in [0.4, 0.5) is 0 Å². The van der Waals surface area contributed by atoms with Crippen molar-refractivity contribution in [3.8, 4) is 23.3 Å². The van der Waals surface area contributed by atoms with Gasteiger partial charge in [-0.05, 0) is 39.0 Å². The van der Waals surface area contributed by atoms with E-state index in [1.807, 2.05) is 49.0 Å². The first kappa shape index (κ1) is 20.7. The maximum Gasteiger partial charge on any atom is 0.103 e. The number of nitrogens with zero attached hydrogens (tertiary/aromatic N) is 6. The highest BCUT2D eigenvalue weighted by molar-refractivity contribution is 7.99. The third kappa shape index (κ3) is 3.68. The van der Waals surface area contributed by atoms with Gasteiger partial charge in [0, 0.05) is 32.8 Å². The molecule has 7 nitrogen and oxygen atoms in total. The third-order valence-corrected chi connectivity index (χ3v) is 6.47. The van der Waals surface area contributed by atoms with Crippen molar-refractivity contribution in [2.45, 2.75) is 42.7 Å². The molecule has 0 amide bonds. The Bertz CT molecular complexity index is 1350. The van der Waals surface area contributed by atoms with Crippen LogP contribution in [-0.4, -0.2) is 30.6 Å². The van der Waals surface area contributed by atoms with Crippen LogP contribution < -0.4 is 0 Å². The van der Waals surface area contributed by atoms with E-state index < -0.39 is 6.10 Å². The van der Waals surface area contributed by atoms with Crippen molar-refractivity contribution in [3.05, 3.63) is 65.7 Å². The van der Waals surface area contributed by atoms with Gasteiger partial charge in [-0.1, -0.05) is 23.9 Å². The van der Waals surface area contributed by atoms with Crippen LogP contribution in [0.1, 0.15) is 36.7 Å². The molecule has 3 heterocycles. The van der Waals surface area contributed by atoms with Crippen molar-refractivity contribution >= 4 is 17.3 Å². The molecule has 4 rings (SSSR count). The Morgan fingerprint density at radius 3 is 2.48 bits per heavy atom. The predicted octanol–water partition coefficient (Wildman–Crippen LogP) is 4.34. The quantitative estimate of drug-likeness (QED) is 0.507. The lowest BCUT2D eigenvalue weighted by molar-refractivity contribution is 0.131.